The van der Waals surface area contributed by atoms with E-state index in [-0.39, 0.29) is 5.91 Å². The number of quaternary nitrogens is 2. The van der Waals surface area contributed by atoms with Crippen molar-refractivity contribution in [1.82, 2.24) is 5.16 Å². The third-order valence-corrected chi connectivity index (χ3v) is 5.04. The number of hydrogen-bond acceptors (Lipinski definition) is 3. The maximum Gasteiger partial charge on any atom is 0.279 e. The van der Waals surface area contributed by atoms with Gasteiger partial charge in [0.25, 0.3) is 5.91 Å². The van der Waals surface area contributed by atoms with E-state index in [1.165, 1.54) is 15.4 Å². The number of carbonyl (C=O) groups excluding carboxylic acids is 1. The number of nitrogens with one attached hydrogen (secondary N) is 3. The summed E-state index contributed by atoms with van der Waals surface area (Å²) in [4.78, 5) is 15.2. The molecule has 1 aromatic carbocycles. The van der Waals surface area contributed by atoms with Crippen LogP contribution < -0.4 is 15.1 Å². The summed E-state index contributed by atoms with van der Waals surface area (Å²) >= 11 is 0. The Morgan fingerprint density at radius 1 is 1.15 bits per heavy atom. The summed E-state index contributed by atoms with van der Waals surface area (Å²) in [5.41, 5.74) is 3.18. The first-order valence-electron chi connectivity index (χ1n) is 9.48. The Hall–Kier alpha value is -2.18. The predicted octanol–water partition coefficient (Wildman–Crippen LogP) is 0.0285. The van der Waals surface area contributed by atoms with Crippen molar-refractivity contribution in [2.24, 2.45) is 0 Å². The summed E-state index contributed by atoms with van der Waals surface area (Å²) in [7, 11) is 0. The quantitative estimate of drug-likeness (QED) is 0.683. The fourth-order valence-corrected chi connectivity index (χ4v) is 3.45. The normalized spacial score (nSPS) is 20.3. The van der Waals surface area contributed by atoms with Crippen molar-refractivity contribution < 1.29 is 19.1 Å². The second-order valence-electron chi connectivity index (χ2n) is 7.61. The van der Waals surface area contributed by atoms with Gasteiger partial charge in [-0.2, -0.15) is 0 Å². The van der Waals surface area contributed by atoms with Crippen LogP contribution in [0.4, 0.5) is 5.69 Å². The van der Waals surface area contributed by atoms with E-state index >= 15 is 0 Å². The lowest BCUT2D eigenvalue weighted by Crippen LogP contribution is -3.28. The second-order valence-corrected chi connectivity index (χ2v) is 7.61. The highest BCUT2D eigenvalue weighted by molar-refractivity contribution is 5.91. The molecular weight excluding hydrogens is 328 g/mol. The van der Waals surface area contributed by atoms with E-state index in [9.17, 15) is 4.79 Å². The molecule has 6 heteroatoms. The van der Waals surface area contributed by atoms with Crippen molar-refractivity contribution in [3.63, 3.8) is 0 Å². The molecule has 1 saturated heterocycles. The van der Waals surface area contributed by atoms with Gasteiger partial charge in [0, 0.05) is 11.8 Å². The molecule has 0 radical (unpaired) electrons. The van der Waals surface area contributed by atoms with Crippen LogP contribution in [-0.4, -0.2) is 43.8 Å². The van der Waals surface area contributed by atoms with E-state index in [2.05, 4.69) is 36.5 Å². The van der Waals surface area contributed by atoms with Crippen molar-refractivity contribution in [3.05, 3.63) is 47.3 Å². The van der Waals surface area contributed by atoms with E-state index in [1.54, 1.807) is 0 Å². The summed E-state index contributed by atoms with van der Waals surface area (Å²) in [5.74, 6) is 1.46. The van der Waals surface area contributed by atoms with Crippen LogP contribution in [0.1, 0.15) is 36.8 Å². The lowest BCUT2D eigenvalue weighted by molar-refractivity contribution is -1.02. The van der Waals surface area contributed by atoms with E-state index in [0.717, 1.165) is 49.9 Å². The number of carbonyl (C=O) groups is 1. The molecule has 1 amide bonds. The maximum atomic E-state index is 12.3. The van der Waals surface area contributed by atoms with Crippen LogP contribution in [0.25, 0.3) is 0 Å². The first-order valence-corrected chi connectivity index (χ1v) is 9.48. The van der Waals surface area contributed by atoms with E-state index < -0.39 is 0 Å². The van der Waals surface area contributed by atoms with Crippen molar-refractivity contribution in [2.45, 2.75) is 33.2 Å². The Morgan fingerprint density at radius 3 is 2.38 bits per heavy atom. The van der Waals surface area contributed by atoms with Gasteiger partial charge >= 0.3 is 0 Å². The zero-order valence-electron chi connectivity index (χ0n) is 16.0. The van der Waals surface area contributed by atoms with Crippen LogP contribution in [0, 0.1) is 6.92 Å². The van der Waals surface area contributed by atoms with Crippen LogP contribution in [0.3, 0.4) is 0 Å². The fourth-order valence-electron chi connectivity index (χ4n) is 3.45. The molecule has 1 aromatic heterocycles. The monoisotopic (exact) mass is 358 g/mol. The molecule has 3 N–H and O–H groups in total. The third kappa shape index (κ3) is 5.16. The van der Waals surface area contributed by atoms with Gasteiger partial charge < -0.3 is 19.6 Å². The van der Waals surface area contributed by atoms with Crippen molar-refractivity contribution in [2.75, 3.05) is 38.0 Å². The minimum Gasteiger partial charge on any atom is -0.361 e. The minimum absolute atomic E-state index is 0.0906. The second kappa shape index (κ2) is 8.47. The average molecular weight is 358 g/mol. The smallest absolute Gasteiger partial charge is 0.279 e. The number of piperazine rings is 1. The molecule has 0 atom stereocenters. The van der Waals surface area contributed by atoms with Gasteiger partial charge in [-0.3, -0.25) is 4.79 Å². The number of amides is 1. The summed E-state index contributed by atoms with van der Waals surface area (Å²) in [6.07, 6.45) is 0. The molecular formula is C20H30N4O2+2. The number of aromatic nitrogens is 1. The van der Waals surface area contributed by atoms with Crippen LogP contribution in [0.15, 0.2) is 34.9 Å². The lowest BCUT2D eigenvalue weighted by atomic mass is 10.0. The molecule has 6 nitrogen and oxygen atoms in total. The zero-order chi connectivity index (χ0) is 18.5. The van der Waals surface area contributed by atoms with Crippen molar-refractivity contribution in [1.29, 1.82) is 0 Å². The first-order chi connectivity index (χ1) is 12.5. The predicted molar refractivity (Wildman–Crippen MR) is 100 cm³/mol. The van der Waals surface area contributed by atoms with Gasteiger partial charge in [0.1, 0.15) is 44.2 Å². The molecule has 0 unspecified atom stereocenters. The molecule has 1 aliphatic heterocycles. The SMILES string of the molecule is Cc1cc(C[NH+]2CC[NH+](CC(=O)Nc3ccc(C(C)C)cc3)CC2)no1. The standard InChI is InChI=1S/C20H28N4O2/c1-15(2)17-4-6-18(7-5-17)21-20(25)14-24-10-8-23(9-11-24)13-19-12-16(3)26-22-19/h4-7,12,15H,8-11,13-14H2,1-3H3,(H,21,25)/p+2. The molecule has 140 valence electrons. The lowest BCUT2D eigenvalue weighted by Gasteiger charge is -2.28. The molecule has 2 heterocycles. The first kappa shape index (κ1) is 18.6. The Morgan fingerprint density at radius 2 is 1.81 bits per heavy atom. The van der Waals surface area contributed by atoms with E-state index in [4.69, 9.17) is 4.52 Å². The van der Waals surface area contributed by atoms with Crippen LogP contribution in [0.2, 0.25) is 0 Å². The summed E-state index contributed by atoms with van der Waals surface area (Å²) in [5, 5.41) is 7.09. The maximum absolute atomic E-state index is 12.3. The van der Waals surface area contributed by atoms with E-state index in [0.29, 0.717) is 12.5 Å². The minimum atomic E-state index is 0.0906. The number of aryl methyl sites for hydroxylation is 1. The zero-order valence-corrected chi connectivity index (χ0v) is 16.0. The molecule has 0 saturated carbocycles. The fraction of sp³-hybridized carbons (Fsp3) is 0.500. The van der Waals surface area contributed by atoms with Gasteiger partial charge in [-0.05, 0) is 30.5 Å². The molecule has 0 bridgehead atoms. The van der Waals surface area contributed by atoms with Gasteiger partial charge in [0.05, 0.1) is 0 Å². The van der Waals surface area contributed by atoms with Gasteiger partial charge in [0.2, 0.25) is 0 Å². The Bertz CT molecular complexity index is 716. The van der Waals surface area contributed by atoms with Crippen molar-refractivity contribution in [3.8, 4) is 0 Å². The van der Waals surface area contributed by atoms with Crippen LogP contribution in [0.5, 0.6) is 0 Å². The van der Waals surface area contributed by atoms with Crippen LogP contribution >= 0.6 is 0 Å². The summed E-state index contributed by atoms with van der Waals surface area (Å²) in [6.45, 7) is 11.8. The van der Waals surface area contributed by atoms with Gasteiger partial charge in [0.15, 0.2) is 6.54 Å². The molecule has 26 heavy (non-hydrogen) atoms. The molecule has 1 fully saturated rings. The number of nitrogens with zero attached hydrogens (tertiary/aromatic N) is 1. The van der Waals surface area contributed by atoms with Gasteiger partial charge in [-0.1, -0.05) is 31.1 Å². The summed E-state index contributed by atoms with van der Waals surface area (Å²) in [6, 6.07) is 10.2. The topological polar surface area (TPSA) is 64.0 Å². The summed E-state index contributed by atoms with van der Waals surface area (Å²) < 4.78 is 5.14. The Kier molecular flexibility index (Phi) is 6.06. The molecule has 0 aliphatic carbocycles. The highest BCUT2D eigenvalue weighted by Crippen LogP contribution is 2.16. The molecule has 1 aliphatic rings. The molecule has 2 aromatic rings. The highest BCUT2D eigenvalue weighted by Gasteiger charge is 2.25. The average Bonchev–Trinajstić information content (AvgIpc) is 3.02. The number of anilines is 1. The largest absolute Gasteiger partial charge is 0.361 e. The third-order valence-electron chi connectivity index (χ3n) is 5.04. The number of rotatable bonds is 6. The van der Waals surface area contributed by atoms with Crippen molar-refractivity contribution >= 4 is 11.6 Å². The van der Waals surface area contributed by atoms with Gasteiger partial charge in [-0.15, -0.1) is 0 Å². The number of benzene rings is 1. The van der Waals surface area contributed by atoms with Gasteiger partial charge in [-0.25, -0.2) is 0 Å². The highest BCUT2D eigenvalue weighted by atomic mass is 16.5. The van der Waals surface area contributed by atoms with Crippen LogP contribution in [-0.2, 0) is 11.3 Å². The molecule has 0 spiro atoms. The number of hydrogen-bond donors (Lipinski definition) is 3. The molecule has 3 rings (SSSR count). The Balaban J connectivity index is 1.41. The Labute approximate surface area is 155 Å². The van der Waals surface area contributed by atoms with E-state index in [1.807, 2.05) is 25.1 Å².